The fourth-order valence-electron chi connectivity index (χ4n) is 2.73. The highest BCUT2D eigenvalue weighted by molar-refractivity contribution is 6.16. The Balaban J connectivity index is 1.97. The van der Waals surface area contributed by atoms with Gasteiger partial charge in [0.1, 0.15) is 17.2 Å². The Morgan fingerprint density at radius 3 is 2.42 bits per heavy atom. The van der Waals surface area contributed by atoms with Gasteiger partial charge in [-0.2, -0.15) is 17.6 Å². The summed E-state index contributed by atoms with van der Waals surface area (Å²) < 4.78 is 58.3. The van der Waals surface area contributed by atoms with E-state index in [0.717, 1.165) is 12.1 Å². The number of phenolic OH excluding ortho intramolecular Hbond substituents is 1. The molecule has 1 aliphatic rings. The maximum absolute atomic E-state index is 12.6. The number of benzene rings is 2. The van der Waals surface area contributed by atoms with Crippen molar-refractivity contribution >= 4 is 11.9 Å². The van der Waals surface area contributed by atoms with Crippen molar-refractivity contribution < 1.29 is 36.9 Å². The Labute approximate surface area is 145 Å². The van der Waals surface area contributed by atoms with Crippen LogP contribution in [0, 0.1) is 0 Å². The van der Waals surface area contributed by atoms with Gasteiger partial charge >= 0.3 is 13.2 Å². The molecule has 136 valence electrons. The summed E-state index contributed by atoms with van der Waals surface area (Å²) in [5, 5.41) is 9.84. The quantitative estimate of drug-likeness (QED) is 0.627. The van der Waals surface area contributed by atoms with Crippen LogP contribution in [-0.2, 0) is 6.42 Å². The second-order valence-corrected chi connectivity index (χ2v) is 5.44. The van der Waals surface area contributed by atoms with Crippen LogP contribution in [0.15, 0.2) is 42.0 Å². The minimum absolute atomic E-state index is 0.0380. The zero-order valence-corrected chi connectivity index (χ0v) is 13.1. The van der Waals surface area contributed by atoms with Gasteiger partial charge in [0, 0.05) is 34.8 Å². The predicted octanol–water partition coefficient (Wildman–Crippen LogP) is 4.42. The molecule has 0 unspecified atom stereocenters. The van der Waals surface area contributed by atoms with E-state index in [1.807, 2.05) is 0 Å². The zero-order chi connectivity index (χ0) is 18.8. The number of rotatable bonds is 5. The number of Topliss-reactive ketones (excluding diaryl/α,β-unsaturated/α-hetero) is 1. The third-order valence-electron chi connectivity index (χ3n) is 3.81. The topological polar surface area (TPSA) is 55.8 Å². The summed E-state index contributed by atoms with van der Waals surface area (Å²) in [6.07, 6.45) is 1.44. The second-order valence-electron chi connectivity index (χ2n) is 5.44. The number of hydrogen-bond donors (Lipinski definition) is 1. The highest BCUT2D eigenvalue weighted by Crippen LogP contribution is 2.35. The smallest absolute Gasteiger partial charge is 0.387 e. The van der Waals surface area contributed by atoms with E-state index in [9.17, 15) is 27.5 Å². The van der Waals surface area contributed by atoms with Crippen LogP contribution in [0.3, 0.4) is 0 Å². The molecule has 3 rings (SSSR count). The number of carbonyl (C=O) groups is 1. The van der Waals surface area contributed by atoms with Gasteiger partial charge in [-0.25, -0.2) is 0 Å². The SMILES string of the molecule is O=C1C(=Cc2ccc(OC(F)F)cc2OC(F)F)Cc2c(O)cccc21. The zero-order valence-electron chi connectivity index (χ0n) is 13.1. The Bertz CT molecular complexity index is 877. The number of allylic oxidation sites excluding steroid dienone is 1. The van der Waals surface area contributed by atoms with Gasteiger partial charge in [-0.15, -0.1) is 0 Å². The number of alkyl halides is 4. The molecule has 8 heteroatoms. The highest BCUT2D eigenvalue weighted by atomic mass is 19.3. The number of ketones is 1. The summed E-state index contributed by atoms with van der Waals surface area (Å²) in [4.78, 5) is 12.4. The third-order valence-corrected chi connectivity index (χ3v) is 3.81. The molecule has 0 aromatic heterocycles. The first-order valence-electron chi connectivity index (χ1n) is 7.45. The van der Waals surface area contributed by atoms with Crippen molar-refractivity contribution in [1.82, 2.24) is 0 Å². The van der Waals surface area contributed by atoms with E-state index in [0.29, 0.717) is 11.1 Å². The lowest BCUT2D eigenvalue weighted by atomic mass is 10.1. The van der Waals surface area contributed by atoms with E-state index >= 15 is 0 Å². The molecule has 0 amide bonds. The van der Waals surface area contributed by atoms with Crippen molar-refractivity contribution in [2.45, 2.75) is 19.6 Å². The molecule has 1 aliphatic carbocycles. The van der Waals surface area contributed by atoms with Crippen LogP contribution < -0.4 is 9.47 Å². The normalized spacial score (nSPS) is 15.0. The molecule has 0 radical (unpaired) electrons. The third kappa shape index (κ3) is 3.63. The molecule has 0 saturated carbocycles. The summed E-state index contributed by atoms with van der Waals surface area (Å²) in [5.74, 6) is -1.15. The largest absolute Gasteiger partial charge is 0.508 e. The highest BCUT2D eigenvalue weighted by Gasteiger charge is 2.27. The monoisotopic (exact) mass is 368 g/mol. The van der Waals surface area contributed by atoms with Crippen LogP contribution in [0.4, 0.5) is 17.6 Å². The number of aromatic hydroxyl groups is 1. The molecule has 2 aromatic rings. The van der Waals surface area contributed by atoms with E-state index in [1.165, 1.54) is 24.3 Å². The second kappa shape index (κ2) is 7.07. The maximum Gasteiger partial charge on any atom is 0.387 e. The first kappa shape index (κ1) is 17.8. The minimum atomic E-state index is -3.19. The van der Waals surface area contributed by atoms with Crippen LogP contribution in [0.1, 0.15) is 21.5 Å². The summed E-state index contributed by atoms with van der Waals surface area (Å²) in [6, 6.07) is 7.80. The molecular weight excluding hydrogens is 356 g/mol. The van der Waals surface area contributed by atoms with Crippen molar-refractivity contribution in [1.29, 1.82) is 0 Å². The molecular formula is C18H12F4O4. The van der Waals surface area contributed by atoms with Crippen molar-refractivity contribution in [3.8, 4) is 17.2 Å². The Morgan fingerprint density at radius 1 is 1.04 bits per heavy atom. The molecule has 26 heavy (non-hydrogen) atoms. The van der Waals surface area contributed by atoms with Gasteiger partial charge in [0.05, 0.1) is 0 Å². The van der Waals surface area contributed by atoms with Gasteiger partial charge in [0.2, 0.25) is 0 Å². The maximum atomic E-state index is 12.6. The fourth-order valence-corrected chi connectivity index (χ4v) is 2.73. The van der Waals surface area contributed by atoms with Gasteiger partial charge in [-0.1, -0.05) is 12.1 Å². The lowest BCUT2D eigenvalue weighted by Gasteiger charge is -2.11. The average Bonchev–Trinajstić information content (AvgIpc) is 2.87. The van der Waals surface area contributed by atoms with Crippen molar-refractivity contribution in [3.63, 3.8) is 0 Å². The number of carbonyl (C=O) groups excluding carboxylic acids is 1. The lowest BCUT2D eigenvalue weighted by Crippen LogP contribution is -2.06. The minimum Gasteiger partial charge on any atom is -0.508 e. The predicted molar refractivity (Wildman–Crippen MR) is 83.8 cm³/mol. The fraction of sp³-hybridized carbons (Fsp3) is 0.167. The van der Waals surface area contributed by atoms with E-state index < -0.39 is 19.0 Å². The Hall–Kier alpha value is -3.03. The van der Waals surface area contributed by atoms with Gasteiger partial charge in [-0.3, -0.25) is 4.79 Å². The molecule has 0 saturated heterocycles. The summed E-state index contributed by atoms with van der Waals surface area (Å²) in [7, 11) is 0. The van der Waals surface area contributed by atoms with Crippen molar-refractivity contribution in [2.24, 2.45) is 0 Å². The van der Waals surface area contributed by atoms with E-state index in [1.54, 1.807) is 6.07 Å². The van der Waals surface area contributed by atoms with Crippen LogP contribution in [-0.4, -0.2) is 24.1 Å². The summed E-state index contributed by atoms with van der Waals surface area (Å²) >= 11 is 0. The molecule has 4 nitrogen and oxygen atoms in total. The first-order valence-corrected chi connectivity index (χ1v) is 7.45. The number of hydrogen-bond acceptors (Lipinski definition) is 4. The molecule has 0 heterocycles. The van der Waals surface area contributed by atoms with Gasteiger partial charge in [0.25, 0.3) is 0 Å². The van der Waals surface area contributed by atoms with E-state index in [2.05, 4.69) is 9.47 Å². The Kier molecular flexibility index (Phi) is 4.83. The molecule has 0 bridgehead atoms. The standard InChI is InChI=1S/C18H12F4O4/c19-17(20)25-11-5-4-9(15(8-11)26-18(21)22)6-10-7-13-12(16(10)24)2-1-3-14(13)23/h1-6,8,17-18,23H,7H2. The lowest BCUT2D eigenvalue weighted by molar-refractivity contribution is -0.0543. The van der Waals surface area contributed by atoms with Crippen LogP contribution >= 0.6 is 0 Å². The molecule has 0 atom stereocenters. The van der Waals surface area contributed by atoms with Crippen molar-refractivity contribution in [3.05, 3.63) is 58.7 Å². The van der Waals surface area contributed by atoms with E-state index in [4.69, 9.17) is 0 Å². The van der Waals surface area contributed by atoms with Crippen LogP contribution in [0.25, 0.3) is 6.08 Å². The number of fused-ring (bicyclic) bond motifs is 1. The van der Waals surface area contributed by atoms with Gasteiger partial charge in [-0.05, 0) is 24.3 Å². The van der Waals surface area contributed by atoms with Gasteiger partial charge in [0.15, 0.2) is 5.78 Å². The molecule has 0 aliphatic heterocycles. The number of phenols is 1. The molecule has 0 fully saturated rings. The average molecular weight is 368 g/mol. The molecule has 2 aromatic carbocycles. The van der Waals surface area contributed by atoms with Crippen LogP contribution in [0.2, 0.25) is 0 Å². The summed E-state index contributed by atoms with van der Waals surface area (Å²) in [6.45, 7) is -6.30. The molecule has 1 N–H and O–H groups in total. The first-order chi connectivity index (χ1) is 12.3. The number of ether oxygens (including phenoxy) is 2. The number of halogens is 4. The van der Waals surface area contributed by atoms with Crippen LogP contribution in [0.5, 0.6) is 17.2 Å². The van der Waals surface area contributed by atoms with E-state index in [-0.39, 0.29) is 34.8 Å². The Morgan fingerprint density at radius 2 is 1.77 bits per heavy atom. The van der Waals surface area contributed by atoms with Gasteiger partial charge < -0.3 is 14.6 Å². The van der Waals surface area contributed by atoms with Crippen molar-refractivity contribution in [2.75, 3.05) is 0 Å². The molecule has 0 spiro atoms. The summed E-state index contributed by atoms with van der Waals surface area (Å²) in [5.41, 5.74) is 1.12.